The number of halogens is 1. The highest BCUT2D eigenvalue weighted by Crippen LogP contribution is 2.09. The van der Waals surface area contributed by atoms with E-state index in [-0.39, 0.29) is 5.82 Å². The van der Waals surface area contributed by atoms with Gasteiger partial charge in [0.05, 0.1) is 5.54 Å². The quantitative estimate of drug-likeness (QED) is 0.877. The van der Waals surface area contributed by atoms with E-state index in [1.165, 1.54) is 12.1 Å². The van der Waals surface area contributed by atoms with Crippen molar-refractivity contribution < 1.29 is 13.9 Å². The number of carbonyl (C=O) groups excluding carboxylic acids is 1. The molecule has 0 bridgehead atoms. The minimum atomic E-state index is -0.512. The van der Waals surface area contributed by atoms with E-state index < -0.39 is 17.2 Å². The molecule has 0 spiro atoms. The maximum Gasteiger partial charge on any atom is 0.408 e. The van der Waals surface area contributed by atoms with Crippen LogP contribution in [0, 0.1) is 5.82 Å². The number of rotatable bonds is 5. The van der Waals surface area contributed by atoms with Crippen LogP contribution < -0.4 is 10.6 Å². The number of carbonyl (C=O) groups is 1. The van der Waals surface area contributed by atoms with Crippen molar-refractivity contribution in [2.24, 2.45) is 0 Å². The Morgan fingerprint density at radius 1 is 1.14 bits per heavy atom. The van der Waals surface area contributed by atoms with Gasteiger partial charge in [-0.05, 0) is 52.3 Å². The molecule has 0 radical (unpaired) electrons. The first-order chi connectivity index (χ1) is 9.57. The van der Waals surface area contributed by atoms with E-state index in [1.807, 2.05) is 34.6 Å². The smallest absolute Gasteiger partial charge is 0.408 e. The van der Waals surface area contributed by atoms with Gasteiger partial charge in [0.15, 0.2) is 0 Å². The number of alkyl carbamates (subject to hydrolysis) is 1. The van der Waals surface area contributed by atoms with E-state index in [9.17, 15) is 9.18 Å². The Kier molecular flexibility index (Phi) is 5.72. The summed E-state index contributed by atoms with van der Waals surface area (Å²) in [5, 5.41) is 6.06. The first kappa shape index (κ1) is 17.4. The Bertz CT molecular complexity index is 464. The van der Waals surface area contributed by atoms with Crippen molar-refractivity contribution in [1.82, 2.24) is 10.6 Å². The highest BCUT2D eigenvalue weighted by Gasteiger charge is 2.24. The molecule has 2 N–H and O–H groups in total. The molecule has 4 nitrogen and oxygen atoms in total. The van der Waals surface area contributed by atoms with Crippen LogP contribution in [-0.4, -0.2) is 23.8 Å². The summed E-state index contributed by atoms with van der Waals surface area (Å²) in [4.78, 5) is 11.7. The first-order valence-electron chi connectivity index (χ1n) is 7.04. The molecule has 0 unspecified atom stereocenters. The summed E-state index contributed by atoms with van der Waals surface area (Å²) >= 11 is 0. The van der Waals surface area contributed by atoms with Crippen LogP contribution in [0.4, 0.5) is 9.18 Å². The van der Waals surface area contributed by atoms with Gasteiger partial charge in [0.25, 0.3) is 0 Å². The highest BCUT2D eigenvalue weighted by molar-refractivity contribution is 5.68. The second-order valence-corrected chi connectivity index (χ2v) is 6.74. The van der Waals surface area contributed by atoms with Crippen molar-refractivity contribution in [3.8, 4) is 0 Å². The molecule has 1 aromatic rings. The van der Waals surface area contributed by atoms with Gasteiger partial charge in [0.1, 0.15) is 11.4 Å². The second-order valence-electron chi connectivity index (χ2n) is 6.74. The van der Waals surface area contributed by atoms with E-state index in [0.717, 1.165) is 5.56 Å². The first-order valence-corrected chi connectivity index (χ1v) is 7.04. The highest BCUT2D eigenvalue weighted by atomic mass is 19.1. The summed E-state index contributed by atoms with van der Waals surface area (Å²) in [6.45, 7) is 10.5. The molecular formula is C16H25FN2O2. The van der Waals surface area contributed by atoms with Crippen LogP contribution in [0.25, 0.3) is 0 Å². The zero-order valence-electron chi connectivity index (χ0n) is 13.4. The summed E-state index contributed by atoms with van der Waals surface area (Å²) in [6.07, 6.45) is -0.434. The van der Waals surface area contributed by atoms with Gasteiger partial charge in [-0.1, -0.05) is 12.1 Å². The molecule has 0 fully saturated rings. The largest absolute Gasteiger partial charge is 0.444 e. The predicted octanol–water partition coefficient (Wildman–Crippen LogP) is 3.22. The Morgan fingerprint density at radius 2 is 1.71 bits per heavy atom. The van der Waals surface area contributed by atoms with Crippen molar-refractivity contribution in [3.05, 3.63) is 35.6 Å². The number of hydrogen-bond donors (Lipinski definition) is 2. The summed E-state index contributed by atoms with van der Waals surface area (Å²) in [5.74, 6) is -0.245. The molecule has 0 saturated carbocycles. The van der Waals surface area contributed by atoms with Crippen LogP contribution in [0.1, 0.15) is 40.2 Å². The lowest BCUT2D eigenvalue weighted by Gasteiger charge is -2.29. The molecule has 1 amide bonds. The Labute approximate surface area is 126 Å². The minimum absolute atomic E-state index is 0.245. The molecule has 0 aromatic heterocycles. The van der Waals surface area contributed by atoms with E-state index in [4.69, 9.17) is 4.74 Å². The van der Waals surface area contributed by atoms with Crippen LogP contribution >= 0.6 is 0 Å². The van der Waals surface area contributed by atoms with Crippen LogP contribution in [-0.2, 0) is 11.3 Å². The maximum atomic E-state index is 12.8. The van der Waals surface area contributed by atoms with Gasteiger partial charge in [-0.25, -0.2) is 9.18 Å². The molecule has 0 saturated heterocycles. The maximum absolute atomic E-state index is 12.8. The molecule has 5 heteroatoms. The number of ether oxygens (including phenoxy) is 1. The van der Waals surface area contributed by atoms with Crippen molar-refractivity contribution in [2.45, 2.75) is 52.3 Å². The molecule has 0 heterocycles. The average Bonchev–Trinajstić information content (AvgIpc) is 2.28. The Morgan fingerprint density at radius 3 is 2.24 bits per heavy atom. The lowest BCUT2D eigenvalue weighted by molar-refractivity contribution is 0.0472. The summed E-state index contributed by atoms with van der Waals surface area (Å²) in [7, 11) is 0. The van der Waals surface area contributed by atoms with Gasteiger partial charge in [-0.15, -0.1) is 0 Å². The average molecular weight is 296 g/mol. The standard InChI is InChI=1S/C16H25FN2O2/c1-15(2,3)21-14(20)19-16(4,5)11-18-10-12-6-8-13(17)9-7-12/h6-9,18H,10-11H2,1-5H3,(H,19,20). The molecule has 118 valence electrons. The summed E-state index contributed by atoms with van der Waals surface area (Å²) in [6, 6.07) is 6.33. The van der Waals surface area contributed by atoms with Gasteiger partial charge in [0, 0.05) is 13.1 Å². The van der Waals surface area contributed by atoms with Crippen LogP contribution in [0.3, 0.4) is 0 Å². The Balaban J connectivity index is 2.38. The van der Waals surface area contributed by atoms with Crippen LogP contribution in [0.2, 0.25) is 0 Å². The van der Waals surface area contributed by atoms with E-state index in [1.54, 1.807) is 12.1 Å². The van der Waals surface area contributed by atoms with Gasteiger partial charge >= 0.3 is 6.09 Å². The number of amides is 1. The van der Waals surface area contributed by atoms with Gasteiger partial charge < -0.3 is 15.4 Å². The topological polar surface area (TPSA) is 50.4 Å². The lowest BCUT2D eigenvalue weighted by atomic mass is 10.1. The molecule has 1 rings (SSSR count). The molecule has 0 atom stereocenters. The van der Waals surface area contributed by atoms with Crippen molar-refractivity contribution in [2.75, 3.05) is 6.54 Å². The van der Waals surface area contributed by atoms with Gasteiger partial charge in [0.2, 0.25) is 0 Å². The fourth-order valence-corrected chi connectivity index (χ4v) is 1.75. The number of benzene rings is 1. The molecule has 0 aliphatic rings. The third-order valence-corrected chi connectivity index (χ3v) is 2.65. The molecular weight excluding hydrogens is 271 g/mol. The van der Waals surface area contributed by atoms with Crippen LogP contribution in [0.15, 0.2) is 24.3 Å². The lowest BCUT2D eigenvalue weighted by Crippen LogP contribution is -2.51. The molecule has 21 heavy (non-hydrogen) atoms. The predicted molar refractivity (Wildman–Crippen MR) is 81.6 cm³/mol. The second kappa shape index (κ2) is 6.89. The normalized spacial score (nSPS) is 12.1. The zero-order valence-corrected chi connectivity index (χ0v) is 13.4. The molecule has 1 aromatic carbocycles. The summed E-state index contributed by atoms with van der Waals surface area (Å²) in [5.41, 5.74) is 0.0359. The third-order valence-electron chi connectivity index (χ3n) is 2.65. The van der Waals surface area contributed by atoms with E-state index in [2.05, 4.69) is 10.6 Å². The fraction of sp³-hybridized carbons (Fsp3) is 0.562. The van der Waals surface area contributed by atoms with E-state index >= 15 is 0 Å². The van der Waals surface area contributed by atoms with Gasteiger partial charge in [-0.2, -0.15) is 0 Å². The monoisotopic (exact) mass is 296 g/mol. The SMILES string of the molecule is CC(C)(CNCc1ccc(F)cc1)NC(=O)OC(C)(C)C. The number of hydrogen-bond acceptors (Lipinski definition) is 3. The minimum Gasteiger partial charge on any atom is -0.444 e. The van der Waals surface area contributed by atoms with Crippen LogP contribution in [0.5, 0.6) is 0 Å². The fourth-order valence-electron chi connectivity index (χ4n) is 1.75. The van der Waals surface area contributed by atoms with Gasteiger partial charge in [-0.3, -0.25) is 0 Å². The molecule has 0 aliphatic carbocycles. The Hall–Kier alpha value is -1.62. The third kappa shape index (κ3) is 7.66. The zero-order chi connectivity index (χ0) is 16.1. The van der Waals surface area contributed by atoms with Crippen molar-refractivity contribution in [3.63, 3.8) is 0 Å². The van der Waals surface area contributed by atoms with Crippen molar-refractivity contribution >= 4 is 6.09 Å². The van der Waals surface area contributed by atoms with E-state index in [0.29, 0.717) is 13.1 Å². The number of nitrogens with one attached hydrogen (secondary N) is 2. The van der Waals surface area contributed by atoms with Crippen molar-refractivity contribution in [1.29, 1.82) is 0 Å². The summed E-state index contributed by atoms with van der Waals surface area (Å²) < 4.78 is 18.0. The molecule has 0 aliphatic heterocycles.